The highest BCUT2D eigenvalue weighted by molar-refractivity contribution is 5.89. The molecule has 5 heteroatoms. The molecule has 4 fully saturated rings. The van der Waals surface area contributed by atoms with Gasteiger partial charge in [0.1, 0.15) is 6.10 Å². The van der Waals surface area contributed by atoms with E-state index < -0.39 is 0 Å². The van der Waals surface area contributed by atoms with Gasteiger partial charge in [0.25, 0.3) is 0 Å². The Bertz CT molecular complexity index is 852. The average Bonchev–Trinajstić information content (AvgIpc) is 3.14. The Morgan fingerprint density at radius 3 is 2.31 bits per heavy atom. The van der Waals surface area contributed by atoms with Crippen molar-refractivity contribution < 1.29 is 19.2 Å². The summed E-state index contributed by atoms with van der Waals surface area (Å²) in [5.74, 6) is 4.05. The van der Waals surface area contributed by atoms with Crippen LogP contribution in [-0.2, 0) is 19.2 Å². The zero-order valence-corrected chi connectivity index (χ0v) is 24.0. The minimum Gasteiger partial charge on any atom is -0.463 e. The molecule has 0 saturated heterocycles. The maximum absolute atomic E-state index is 11.7. The van der Waals surface area contributed by atoms with Crippen LogP contribution < -0.4 is 0 Å². The van der Waals surface area contributed by atoms with Gasteiger partial charge in [-0.05, 0) is 97.7 Å². The molecular formula is C31H51NO4. The van der Waals surface area contributed by atoms with E-state index in [2.05, 4.69) is 39.8 Å². The topological polar surface area (TPSA) is 65.0 Å². The third-order valence-corrected chi connectivity index (χ3v) is 11.3. The molecule has 9 unspecified atom stereocenters. The second kappa shape index (κ2) is 10.8. The van der Waals surface area contributed by atoms with Crippen LogP contribution in [-0.4, -0.2) is 23.8 Å². The van der Waals surface area contributed by atoms with Crippen molar-refractivity contribution in [1.29, 1.82) is 0 Å². The number of hydrogen-bond donors (Lipinski definition) is 0. The molecule has 0 aromatic heterocycles. The summed E-state index contributed by atoms with van der Waals surface area (Å²) in [5.41, 5.74) is 1.58. The van der Waals surface area contributed by atoms with Gasteiger partial charge in [-0.15, -0.1) is 0 Å². The molecule has 0 aromatic rings. The van der Waals surface area contributed by atoms with E-state index in [1.807, 2.05) is 0 Å². The first-order chi connectivity index (χ1) is 17.0. The van der Waals surface area contributed by atoms with Crippen LogP contribution in [0.5, 0.6) is 0 Å². The summed E-state index contributed by atoms with van der Waals surface area (Å²) >= 11 is 0. The normalized spacial score (nSPS) is 41.8. The molecule has 0 bridgehead atoms. The van der Waals surface area contributed by atoms with E-state index in [0.717, 1.165) is 55.1 Å². The first-order valence-corrected chi connectivity index (χ1v) is 14.9. The Balaban J connectivity index is 1.57. The van der Waals surface area contributed by atoms with E-state index in [1.54, 1.807) is 0 Å². The monoisotopic (exact) mass is 501 g/mol. The quantitative estimate of drug-likeness (QED) is 0.205. The number of fused-ring (bicyclic) bond motifs is 5. The number of carbonyl (C=O) groups is 2. The van der Waals surface area contributed by atoms with Crippen molar-refractivity contribution in [3.05, 3.63) is 0 Å². The Hall–Kier alpha value is -1.39. The van der Waals surface area contributed by atoms with Gasteiger partial charge in [0.2, 0.25) is 0 Å². The molecule has 0 amide bonds. The molecule has 204 valence electrons. The summed E-state index contributed by atoms with van der Waals surface area (Å²) in [6, 6.07) is 0. The van der Waals surface area contributed by atoms with Crippen LogP contribution in [0.2, 0.25) is 0 Å². The van der Waals surface area contributed by atoms with Crippen molar-refractivity contribution >= 4 is 17.7 Å². The van der Waals surface area contributed by atoms with E-state index in [1.165, 1.54) is 58.8 Å². The van der Waals surface area contributed by atoms with Gasteiger partial charge in [-0.3, -0.25) is 4.79 Å². The number of oxime groups is 1. The predicted octanol–water partition coefficient (Wildman–Crippen LogP) is 7.57. The maximum Gasteiger partial charge on any atom is 0.331 e. The van der Waals surface area contributed by atoms with Crippen molar-refractivity contribution in [2.75, 3.05) is 0 Å². The number of hydrogen-bond acceptors (Lipinski definition) is 5. The summed E-state index contributed by atoms with van der Waals surface area (Å²) in [7, 11) is 0. The standard InChI is InChI=1S/C31H51NO4/c1-19(2)9-8-10-20(3)25-11-12-26-24-18-29(32-36-22(5)34)28-17-23(35-21(4)33)13-15-31(28,7)27(24)14-16-30(25,26)6/h19-20,23-28H,8-18H2,1-7H3. The lowest BCUT2D eigenvalue weighted by Crippen LogP contribution is -2.57. The second-order valence-electron chi connectivity index (χ2n) is 13.8. The minimum absolute atomic E-state index is 0.0592. The fourth-order valence-electron chi connectivity index (χ4n) is 9.62. The summed E-state index contributed by atoms with van der Waals surface area (Å²) < 4.78 is 5.67. The summed E-state index contributed by atoms with van der Waals surface area (Å²) in [6.45, 7) is 15.2. The van der Waals surface area contributed by atoms with Crippen LogP contribution in [0.15, 0.2) is 5.16 Å². The van der Waals surface area contributed by atoms with E-state index >= 15 is 0 Å². The Morgan fingerprint density at radius 1 is 0.944 bits per heavy atom. The predicted molar refractivity (Wildman–Crippen MR) is 143 cm³/mol. The third-order valence-electron chi connectivity index (χ3n) is 11.3. The van der Waals surface area contributed by atoms with Crippen molar-refractivity contribution in [3.8, 4) is 0 Å². The second-order valence-corrected chi connectivity index (χ2v) is 13.8. The Morgan fingerprint density at radius 2 is 1.64 bits per heavy atom. The molecule has 0 radical (unpaired) electrons. The van der Waals surface area contributed by atoms with Crippen molar-refractivity contribution in [2.45, 2.75) is 125 Å². The first-order valence-electron chi connectivity index (χ1n) is 14.9. The molecular weight excluding hydrogens is 450 g/mol. The van der Waals surface area contributed by atoms with Crippen molar-refractivity contribution in [1.82, 2.24) is 0 Å². The number of nitrogens with zero attached hydrogens (tertiary/aromatic N) is 1. The zero-order valence-electron chi connectivity index (χ0n) is 24.0. The fourth-order valence-corrected chi connectivity index (χ4v) is 9.62. The lowest BCUT2D eigenvalue weighted by Gasteiger charge is -2.61. The Labute approximate surface area is 219 Å². The van der Waals surface area contributed by atoms with Gasteiger partial charge in [-0.1, -0.05) is 59.0 Å². The van der Waals surface area contributed by atoms with E-state index in [9.17, 15) is 9.59 Å². The molecule has 0 spiro atoms. The highest BCUT2D eigenvalue weighted by Gasteiger charge is 2.62. The third kappa shape index (κ3) is 5.27. The number of ether oxygens (including phenoxy) is 1. The molecule has 0 N–H and O–H groups in total. The van der Waals surface area contributed by atoms with Gasteiger partial charge < -0.3 is 9.57 Å². The summed E-state index contributed by atoms with van der Waals surface area (Å²) in [5, 5.41) is 4.49. The van der Waals surface area contributed by atoms with E-state index in [0.29, 0.717) is 17.3 Å². The molecule has 0 aliphatic heterocycles. The van der Waals surface area contributed by atoms with Crippen LogP contribution in [0.1, 0.15) is 119 Å². The highest BCUT2D eigenvalue weighted by Crippen LogP contribution is 2.68. The van der Waals surface area contributed by atoms with Crippen molar-refractivity contribution in [2.24, 2.45) is 57.4 Å². The van der Waals surface area contributed by atoms with Gasteiger partial charge in [0.05, 0.1) is 5.71 Å². The van der Waals surface area contributed by atoms with Gasteiger partial charge in [-0.25, -0.2) is 4.79 Å². The van der Waals surface area contributed by atoms with E-state index in [-0.39, 0.29) is 29.4 Å². The minimum atomic E-state index is -0.358. The van der Waals surface area contributed by atoms with Crippen LogP contribution in [0.25, 0.3) is 0 Å². The first kappa shape index (κ1) is 27.6. The van der Waals surface area contributed by atoms with Crippen LogP contribution in [0.4, 0.5) is 0 Å². The molecule has 36 heavy (non-hydrogen) atoms. The Kier molecular flexibility index (Phi) is 8.27. The van der Waals surface area contributed by atoms with Crippen LogP contribution >= 0.6 is 0 Å². The smallest absolute Gasteiger partial charge is 0.331 e. The lowest BCUT2D eigenvalue weighted by molar-refractivity contribution is -0.153. The van der Waals surface area contributed by atoms with Crippen LogP contribution in [0, 0.1) is 52.3 Å². The molecule has 4 rings (SSSR count). The van der Waals surface area contributed by atoms with Gasteiger partial charge in [0.15, 0.2) is 0 Å². The van der Waals surface area contributed by atoms with Gasteiger partial charge in [0, 0.05) is 19.8 Å². The van der Waals surface area contributed by atoms with Gasteiger partial charge >= 0.3 is 11.9 Å². The number of rotatable bonds is 7. The SMILES string of the molecule is CC(=O)ON=C1CC2C(CCC3(C)C(C(C)CCCC(C)C)CCC23)C2(C)CCC(OC(C)=O)CC12. The fraction of sp³-hybridized carbons (Fsp3) is 0.903. The molecule has 0 aromatic carbocycles. The molecule has 4 saturated carbocycles. The molecule has 9 atom stereocenters. The molecule has 5 nitrogen and oxygen atoms in total. The van der Waals surface area contributed by atoms with Crippen LogP contribution in [0.3, 0.4) is 0 Å². The van der Waals surface area contributed by atoms with Crippen molar-refractivity contribution in [3.63, 3.8) is 0 Å². The van der Waals surface area contributed by atoms with E-state index in [4.69, 9.17) is 9.57 Å². The highest BCUT2D eigenvalue weighted by atomic mass is 16.7. The molecule has 4 aliphatic carbocycles. The number of esters is 1. The lowest BCUT2D eigenvalue weighted by atomic mass is 9.44. The number of carbonyl (C=O) groups excluding carboxylic acids is 2. The summed E-state index contributed by atoms with van der Waals surface area (Å²) in [6.07, 6.45) is 13.0. The maximum atomic E-state index is 11.7. The largest absolute Gasteiger partial charge is 0.463 e. The average molecular weight is 502 g/mol. The molecule has 0 heterocycles. The van der Waals surface area contributed by atoms with Gasteiger partial charge in [-0.2, -0.15) is 0 Å². The zero-order chi connectivity index (χ0) is 26.3. The molecule has 4 aliphatic rings. The summed E-state index contributed by atoms with van der Waals surface area (Å²) in [4.78, 5) is 28.7.